The summed E-state index contributed by atoms with van der Waals surface area (Å²) in [4.78, 5) is 10.1. The van der Waals surface area contributed by atoms with Crippen LogP contribution in [0, 0.1) is 13.8 Å². The normalized spacial score (nSPS) is 11.4. The molecule has 0 unspecified atom stereocenters. The molecule has 0 saturated heterocycles. The Kier molecular flexibility index (Phi) is 3.32. The van der Waals surface area contributed by atoms with Crippen LogP contribution in [0.3, 0.4) is 0 Å². The van der Waals surface area contributed by atoms with Crippen LogP contribution in [0.2, 0.25) is 0 Å². The van der Waals surface area contributed by atoms with Crippen molar-refractivity contribution < 1.29 is 22.2 Å². The molecular formula is C10H11FO4S. The fraction of sp³-hybridized carbons (Fsp3) is 0.300. The second-order valence-electron chi connectivity index (χ2n) is 3.54. The van der Waals surface area contributed by atoms with Gasteiger partial charge in [-0.15, -0.1) is 3.89 Å². The number of carboxylic acid groups (broad SMARTS) is 1. The van der Waals surface area contributed by atoms with Crippen LogP contribution in [0.15, 0.2) is 17.0 Å². The first-order valence-corrected chi connectivity index (χ1v) is 5.86. The number of rotatable bonds is 3. The van der Waals surface area contributed by atoms with E-state index in [-0.39, 0.29) is 6.42 Å². The minimum absolute atomic E-state index is 0.204. The number of carboxylic acids is 1. The molecule has 0 heterocycles. The maximum absolute atomic E-state index is 12.7. The Balaban J connectivity index is 3.34. The Hall–Kier alpha value is -1.43. The molecule has 0 saturated carbocycles. The first-order valence-electron chi connectivity index (χ1n) is 4.48. The Bertz CT molecular complexity index is 511. The standard InChI is InChI=1S/C10H11FO4S/c1-6-3-8(16(11,14)15)4-7(2)9(6)5-10(12)13/h3-4H,5H2,1-2H3,(H,12,13). The lowest BCUT2D eigenvalue weighted by molar-refractivity contribution is -0.136. The van der Waals surface area contributed by atoms with Gasteiger partial charge in [-0.05, 0) is 42.7 Å². The van der Waals surface area contributed by atoms with Crippen molar-refractivity contribution in [3.05, 3.63) is 28.8 Å². The van der Waals surface area contributed by atoms with Gasteiger partial charge in [0, 0.05) is 0 Å². The van der Waals surface area contributed by atoms with E-state index in [1.807, 2.05) is 0 Å². The molecule has 0 amide bonds. The van der Waals surface area contributed by atoms with Crippen molar-refractivity contribution in [2.24, 2.45) is 0 Å². The smallest absolute Gasteiger partial charge is 0.332 e. The van der Waals surface area contributed by atoms with E-state index < -0.39 is 21.1 Å². The Morgan fingerprint density at radius 3 is 2.06 bits per heavy atom. The topological polar surface area (TPSA) is 71.4 Å². The van der Waals surface area contributed by atoms with Crippen molar-refractivity contribution in [1.82, 2.24) is 0 Å². The highest BCUT2D eigenvalue weighted by Gasteiger charge is 2.16. The van der Waals surface area contributed by atoms with E-state index in [4.69, 9.17) is 5.11 Å². The third kappa shape index (κ3) is 2.79. The van der Waals surface area contributed by atoms with E-state index in [1.54, 1.807) is 13.8 Å². The minimum Gasteiger partial charge on any atom is -0.481 e. The first kappa shape index (κ1) is 12.6. The highest BCUT2D eigenvalue weighted by Crippen LogP contribution is 2.21. The number of hydrogen-bond donors (Lipinski definition) is 1. The summed E-state index contributed by atoms with van der Waals surface area (Å²) in [6, 6.07) is 2.28. The number of benzene rings is 1. The second-order valence-corrected chi connectivity index (χ2v) is 4.89. The molecule has 6 heteroatoms. The van der Waals surface area contributed by atoms with Crippen molar-refractivity contribution >= 4 is 16.2 Å². The van der Waals surface area contributed by atoms with Crippen molar-refractivity contribution in [3.8, 4) is 0 Å². The highest BCUT2D eigenvalue weighted by molar-refractivity contribution is 7.86. The van der Waals surface area contributed by atoms with E-state index in [0.717, 1.165) is 12.1 Å². The maximum Gasteiger partial charge on any atom is 0.332 e. The van der Waals surface area contributed by atoms with Gasteiger partial charge in [0.1, 0.15) is 0 Å². The molecule has 88 valence electrons. The van der Waals surface area contributed by atoms with E-state index in [1.165, 1.54) is 0 Å². The molecule has 1 rings (SSSR count). The number of halogens is 1. The van der Waals surface area contributed by atoms with Gasteiger partial charge in [0.25, 0.3) is 0 Å². The SMILES string of the molecule is Cc1cc(S(=O)(=O)F)cc(C)c1CC(=O)O. The Morgan fingerprint density at radius 1 is 1.31 bits per heavy atom. The molecule has 0 fully saturated rings. The Labute approximate surface area is 92.9 Å². The molecule has 4 nitrogen and oxygen atoms in total. The average molecular weight is 246 g/mol. The molecular weight excluding hydrogens is 235 g/mol. The molecule has 0 aliphatic rings. The molecule has 1 aromatic carbocycles. The summed E-state index contributed by atoms with van der Waals surface area (Å²) >= 11 is 0. The first-order chi connectivity index (χ1) is 7.21. The third-order valence-corrected chi connectivity index (χ3v) is 3.08. The number of aliphatic carboxylic acids is 1. The van der Waals surface area contributed by atoms with Gasteiger partial charge in [0.05, 0.1) is 11.3 Å². The third-order valence-electron chi connectivity index (χ3n) is 2.28. The van der Waals surface area contributed by atoms with Crippen molar-refractivity contribution in [3.63, 3.8) is 0 Å². The summed E-state index contributed by atoms with van der Waals surface area (Å²) in [5.41, 5.74) is 1.43. The molecule has 1 N–H and O–H groups in total. The van der Waals surface area contributed by atoms with Gasteiger partial charge >= 0.3 is 16.2 Å². The molecule has 0 aliphatic heterocycles. The summed E-state index contributed by atoms with van der Waals surface area (Å²) in [5, 5.41) is 8.65. The van der Waals surface area contributed by atoms with Gasteiger partial charge < -0.3 is 5.11 Å². The molecule has 16 heavy (non-hydrogen) atoms. The molecule has 0 atom stereocenters. The monoisotopic (exact) mass is 246 g/mol. The second kappa shape index (κ2) is 4.21. The van der Waals surface area contributed by atoms with Crippen LogP contribution in [0.25, 0.3) is 0 Å². The summed E-state index contributed by atoms with van der Waals surface area (Å²) in [6.45, 7) is 3.11. The summed E-state index contributed by atoms with van der Waals surface area (Å²) in [7, 11) is -4.74. The van der Waals surface area contributed by atoms with E-state index >= 15 is 0 Å². The van der Waals surface area contributed by atoms with Crippen LogP contribution < -0.4 is 0 Å². The van der Waals surface area contributed by atoms with Gasteiger partial charge in [-0.3, -0.25) is 4.79 Å². The zero-order chi connectivity index (χ0) is 12.5. The van der Waals surface area contributed by atoms with E-state index in [2.05, 4.69) is 0 Å². The largest absolute Gasteiger partial charge is 0.481 e. The lowest BCUT2D eigenvalue weighted by Gasteiger charge is -2.08. The van der Waals surface area contributed by atoms with Crippen LogP contribution in [-0.4, -0.2) is 19.5 Å². The molecule has 0 aromatic heterocycles. The van der Waals surface area contributed by atoms with Gasteiger partial charge in [-0.25, -0.2) is 0 Å². The zero-order valence-corrected chi connectivity index (χ0v) is 9.64. The van der Waals surface area contributed by atoms with Crippen LogP contribution in [0.1, 0.15) is 16.7 Å². The predicted molar refractivity (Wildman–Crippen MR) is 55.5 cm³/mol. The molecule has 0 radical (unpaired) electrons. The highest BCUT2D eigenvalue weighted by atomic mass is 32.3. The average Bonchev–Trinajstić information content (AvgIpc) is 2.09. The molecule has 0 bridgehead atoms. The molecule has 1 aromatic rings. The van der Waals surface area contributed by atoms with Crippen LogP contribution in [0.5, 0.6) is 0 Å². The van der Waals surface area contributed by atoms with E-state index in [0.29, 0.717) is 16.7 Å². The van der Waals surface area contributed by atoms with Gasteiger partial charge in [0.15, 0.2) is 0 Å². The van der Waals surface area contributed by atoms with Gasteiger partial charge in [-0.1, -0.05) is 0 Å². The van der Waals surface area contributed by atoms with Crippen LogP contribution in [0.4, 0.5) is 3.89 Å². The van der Waals surface area contributed by atoms with Crippen LogP contribution in [-0.2, 0) is 21.4 Å². The number of hydrogen-bond acceptors (Lipinski definition) is 3. The van der Waals surface area contributed by atoms with Crippen molar-refractivity contribution in [2.75, 3.05) is 0 Å². The van der Waals surface area contributed by atoms with Crippen LogP contribution >= 0.6 is 0 Å². The maximum atomic E-state index is 12.7. The number of carbonyl (C=O) groups is 1. The van der Waals surface area contributed by atoms with Gasteiger partial charge in [0.2, 0.25) is 0 Å². The molecule has 0 spiro atoms. The van der Waals surface area contributed by atoms with Crippen molar-refractivity contribution in [2.45, 2.75) is 25.2 Å². The fourth-order valence-corrected chi connectivity index (χ4v) is 2.16. The lowest BCUT2D eigenvalue weighted by Crippen LogP contribution is -2.06. The summed E-state index contributed by atoms with van der Waals surface area (Å²) < 4.78 is 34.1. The lowest BCUT2D eigenvalue weighted by atomic mass is 10.0. The van der Waals surface area contributed by atoms with Crippen molar-refractivity contribution in [1.29, 1.82) is 0 Å². The number of aryl methyl sites for hydroxylation is 2. The van der Waals surface area contributed by atoms with Gasteiger partial charge in [-0.2, -0.15) is 8.42 Å². The summed E-state index contributed by atoms with van der Waals surface area (Å²) in [6.07, 6.45) is -0.204. The fourth-order valence-electron chi connectivity index (χ4n) is 1.52. The quantitative estimate of drug-likeness (QED) is 0.822. The zero-order valence-electron chi connectivity index (χ0n) is 8.82. The predicted octanol–water partition coefficient (Wildman–Crippen LogP) is 1.59. The Morgan fingerprint density at radius 2 is 1.75 bits per heavy atom. The molecule has 0 aliphatic carbocycles. The van der Waals surface area contributed by atoms with E-state index in [9.17, 15) is 17.1 Å². The minimum atomic E-state index is -4.74. The summed E-state index contributed by atoms with van der Waals surface area (Å²) in [5.74, 6) is -1.01.